The van der Waals surface area contributed by atoms with Crippen LogP contribution >= 0.6 is 0 Å². The Bertz CT molecular complexity index is 1330. The summed E-state index contributed by atoms with van der Waals surface area (Å²) in [5.41, 5.74) is 7.33. The molecule has 1 atom stereocenters. The molecule has 1 unspecified atom stereocenters. The highest BCUT2D eigenvalue weighted by Crippen LogP contribution is 2.48. The number of para-hydroxylation sites is 3. The molecule has 0 bridgehead atoms. The molecule has 0 fully saturated rings. The molecule has 1 aromatic heterocycles. The molecule has 0 aliphatic carbocycles. The number of rotatable bonds is 2. The zero-order chi connectivity index (χ0) is 21.7. The molecule has 3 aliphatic rings. The van der Waals surface area contributed by atoms with Gasteiger partial charge >= 0.3 is 0 Å². The monoisotopic (exact) mass is 416 g/mol. The van der Waals surface area contributed by atoms with Crippen molar-refractivity contribution in [2.45, 2.75) is 13.1 Å². The molecule has 6 heteroatoms. The van der Waals surface area contributed by atoms with Crippen LogP contribution in [-0.2, 0) is 0 Å². The maximum atomic E-state index is 9.02. The Labute approximate surface area is 186 Å². The molecule has 3 aliphatic heterocycles. The molecule has 0 N–H and O–H groups in total. The standard InChI is InChI=1S/C26H20N6/c1-18-24-13-20(26-28-15-19(14-27)16-29-26)11-12-30(24)17-25-31(18)22-9-5-6-10-23(22)32(25)21-7-3-2-4-8-21/h2-13,15-16,25H,17H2,1H3. The molecule has 0 amide bonds. The lowest BCUT2D eigenvalue weighted by molar-refractivity contribution is 0.395. The van der Waals surface area contributed by atoms with Crippen molar-refractivity contribution in [1.29, 1.82) is 5.26 Å². The number of hydrogen-bond donors (Lipinski definition) is 0. The zero-order valence-corrected chi connectivity index (χ0v) is 17.6. The van der Waals surface area contributed by atoms with Gasteiger partial charge in [0.15, 0.2) is 5.82 Å². The summed E-state index contributed by atoms with van der Waals surface area (Å²) < 4.78 is 0. The average Bonchev–Trinajstić information content (AvgIpc) is 3.19. The van der Waals surface area contributed by atoms with Gasteiger partial charge in [-0.1, -0.05) is 30.3 Å². The SMILES string of the molecule is CC1=C2C=C(c3ncc(C#N)cn3)C=CN2CC2N1c1ccccc1N2c1ccccc1. The van der Waals surface area contributed by atoms with Gasteiger partial charge in [-0.3, -0.25) is 0 Å². The Morgan fingerprint density at radius 3 is 2.34 bits per heavy atom. The Morgan fingerprint density at radius 2 is 1.62 bits per heavy atom. The van der Waals surface area contributed by atoms with Crippen molar-refractivity contribution in [3.05, 3.63) is 108 Å². The first-order valence-electron chi connectivity index (χ1n) is 10.6. The van der Waals surface area contributed by atoms with E-state index in [-0.39, 0.29) is 6.17 Å². The molecule has 154 valence electrons. The third kappa shape index (κ3) is 2.72. The summed E-state index contributed by atoms with van der Waals surface area (Å²) in [5.74, 6) is 0.620. The summed E-state index contributed by atoms with van der Waals surface area (Å²) in [7, 11) is 0. The summed E-state index contributed by atoms with van der Waals surface area (Å²) in [6.07, 6.45) is 9.58. The maximum Gasteiger partial charge on any atom is 0.159 e. The molecule has 0 saturated heterocycles. The number of nitriles is 1. The van der Waals surface area contributed by atoms with E-state index in [1.165, 1.54) is 22.8 Å². The first-order valence-corrected chi connectivity index (χ1v) is 10.6. The summed E-state index contributed by atoms with van der Waals surface area (Å²) >= 11 is 0. The van der Waals surface area contributed by atoms with Crippen LogP contribution in [0.25, 0.3) is 5.57 Å². The third-order valence-electron chi connectivity index (χ3n) is 6.20. The van der Waals surface area contributed by atoms with Crippen molar-refractivity contribution < 1.29 is 0 Å². The van der Waals surface area contributed by atoms with Gasteiger partial charge in [-0.25, -0.2) is 9.97 Å². The van der Waals surface area contributed by atoms with E-state index in [2.05, 4.69) is 105 Å². The highest BCUT2D eigenvalue weighted by atomic mass is 15.5. The van der Waals surface area contributed by atoms with Crippen molar-refractivity contribution in [3.63, 3.8) is 0 Å². The lowest BCUT2D eigenvalue weighted by Gasteiger charge is -2.43. The number of hydrogen-bond acceptors (Lipinski definition) is 6. The molecular weight excluding hydrogens is 396 g/mol. The molecule has 2 aromatic carbocycles. The van der Waals surface area contributed by atoms with Crippen LogP contribution in [0.2, 0.25) is 0 Å². The van der Waals surface area contributed by atoms with Gasteiger partial charge in [0.2, 0.25) is 0 Å². The molecule has 3 aromatic rings. The van der Waals surface area contributed by atoms with Gasteiger partial charge in [0.05, 0.1) is 29.2 Å². The number of allylic oxidation sites excluding steroid dienone is 4. The van der Waals surface area contributed by atoms with Crippen molar-refractivity contribution in [2.24, 2.45) is 0 Å². The van der Waals surface area contributed by atoms with Crippen molar-refractivity contribution in [1.82, 2.24) is 14.9 Å². The van der Waals surface area contributed by atoms with Crippen LogP contribution in [0, 0.1) is 11.3 Å². The van der Waals surface area contributed by atoms with Gasteiger partial charge < -0.3 is 14.7 Å². The van der Waals surface area contributed by atoms with Crippen LogP contribution in [0.5, 0.6) is 0 Å². The van der Waals surface area contributed by atoms with E-state index in [0.717, 1.165) is 17.8 Å². The van der Waals surface area contributed by atoms with Gasteiger partial charge in [0, 0.05) is 35.6 Å². The van der Waals surface area contributed by atoms with Crippen molar-refractivity contribution in [2.75, 3.05) is 16.3 Å². The quantitative estimate of drug-likeness (QED) is 0.599. The van der Waals surface area contributed by atoms with Crippen LogP contribution < -0.4 is 9.80 Å². The van der Waals surface area contributed by atoms with E-state index in [1.807, 2.05) is 6.08 Å². The maximum absolute atomic E-state index is 9.02. The minimum absolute atomic E-state index is 0.157. The fourth-order valence-electron chi connectivity index (χ4n) is 4.75. The number of benzene rings is 2. The average molecular weight is 416 g/mol. The van der Waals surface area contributed by atoms with Crippen molar-refractivity contribution in [3.8, 4) is 6.07 Å². The minimum atomic E-state index is 0.157. The summed E-state index contributed by atoms with van der Waals surface area (Å²) in [5, 5.41) is 9.02. The normalized spacial score (nSPS) is 18.7. The van der Waals surface area contributed by atoms with Gasteiger partial charge in [-0.15, -0.1) is 0 Å². The van der Waals surface area contributed by atoms with Crippen LogP contribution in [0.1, 0.15) is 18.3 Å². The second-order valence-electron chi connectivity index (χ2n) is 7.99. The van der Waals surface area contributed by atoms with E-state index < -0.39 is 0 Å². The highest BCUT2D eigenvalue weighted by Gasteiger charge is 2.42. The fraction of sp³-hybridized carbons (Fsp3) is 0.115. The molecular formula is C26H20N6. The lowest BCUT2D eigenvalue weighted by Crippen LogP contribution is -2.51. The topological polar surface area (TPSA) is 59.3 Å². The molecule has 4 heterocycles. The minimum Gasteiger partial charge on any atom is -0.343 e. The highest BCUT2D eigenvalue weighted by molar-refractivity contribution is 5.86. The molecule has 0 spiro atoms. The number of fused-ring (bicyclic) bond motifs is 4. The summed E-state index contributed by atoms with van der Waals surface area (Å²) in [6.45, 7) is 3.00. The lowest BCUT2D eigenvalue weighted by atomic mass is 10.1. The number of aromatic nitrogens is 2. The van der Waals surface area contributed by atoms with E-state index in [9.17, 15) is 0 Å². The predicted octanol–water partition coefficient (Wildman–Crippen LogP) is 4.79. The molecule has 0 radical (unpaired) electrons. The van der Waals surface area contributed by atoms with E-state index in [4.69, 9.17) is 5.26 Å². The van der Waals surface area contributed by atoms with Gasteiger partial charge in [0.25, 0.3) is 0 Å². The zero-order valence-electron chi connectivity index (χ0n) is 17.6. The molecule has 0 saturated carbocycles. The second-order valence-corrected chi connectivity index (χ2v) is 7.99. The van der Waals surface area contributed by atoms with Gasteiger partial charge in [-0.2, -0.15) is 5.26 Å². The molecule has 32 heavy (non-hydrogen) atoms. The second kappa shape index (κ2) is 7.10. The van der Waals surface area contributed by atoms with E-state index in [1.54, 1.807) is 12.4 Å². The molecule has 6 nitrogen and oxygen atoms in total. The summed E-state index contributed by atoms with van der Waals surface area (Å²) in [4.78, 5) is 15.9. The van der Waals surface area contributed by atoms with Gasteiger partial charge in [0.1, 0.15) is 12.2 Å². The Hall–Kier alpha value is -4.37. The Balaban J connectivity index is 1.45. The smallest absolute Gasteiger partial charge is 0.159 e. The Kier molecular flexibility index (Phi) is 4.08. The first kappa shape index (κ1) is 18.4. The van der Waals surface area contributed by atoms with Crippen molar-refractivity contribution >= 4 is 22.6 Å². The molecule has 6 rings (SSSR count). The number of nitrogens with zero attached hydrogens (tertiary/aromatic N) is 6. The van der Waals surface area contributed by atoms with Crippen LogP contribution in [0.15, 0.2) is 96.7 Å². The largest absolute Gasteiger partial charge is 0.343 e. The van der Waals surface area contributed by atoms with Crippen LogP contribution in [-0.4, -0.2) is 27.6 Å². The first-order chi connectivity index (χ1) is 15.7. The Morgan fingerprint density at radius 1 is 0.938 bits per heavy atom. The fourth-order valence-corrected chi connectivity index (χ4v) is 4.75. The number of anilines is 3. The predicted molar refractivity (Wildman–Crippen MR) is 125 cm³/mol. The van der Waals surface area contributed by atoms with Gasteiger partial charge in [-0.05, 0) is 43.3 Å². The van der Waals surface area contributed by atoms with Crippen LogP contribution in [0.4, 0.5) is 17.1 Å². The van der Waals surface area contributed by atoms with Crippen LogP contribution in [0.3, 0.4) is 0 Å². The third-order valence-corrected chi connectivity index (χ3v) is 6.20. The van der Waals surface area contributed by atoms with E-state index in [0.29, 0.717) is 11.4 Å². The summed E-state index contributed by atoms with van der Waals surface area (Å²) in [6, 6.07) is 21.2. The van der Waals surface area contributed by atoms with E-state index >= 15 is 0 Å².